The molecular weight excluding hydrogens is 420 g/mol. The van der Waals surface area contributed by atoms with Crippen molar-refractivity contribution in [3.63, 3.8) is 0 Å². The number of fused-ring (bicyclic) bond motifs is 1. The number of benzene rings is 2. The third kappa shape index (κ3) is 4.80. The molecule has 2 aliphatic heterocycles. The van der Waals surface area contributed by atoms with E-state index in [0.29, 0.717) is 46.0 Å². The fraction of sp³-hybridized carbons (Fsp3) is 0.360. The van der Waals surface area contributed by atoms with Crippen molar-refractivity contribution in [3.8, 4) is 11.5 Å². The molecule has 0 spiro atoms. The number of hydrogen-bond acceptors (Lipinski definition) is 6. The number of para-hydroxylation sites is 2. The maximum absolute atomic E-state index is 13.1. The summed E-state index contributed by atoms with van der Waals surface area (Å²) in [5.41, 5.74) is 2.13. The first-order valence-corrected chi connectivity index (χ1v) is 11.2. The Balaban J connectivity index is 1.27. The molecule has 5 rings (SSSR count). The second kappa shape index (κ2) is 9.54. The van der Waals surface area contributed by atoms with E-state index in [0.717, 1.165) is 28.6 Å². The van der Waals surface area contributed by atoms with Crippen LogP contribution in [0.1, 0.15) is 11.4 Å². The van der Waals surface area contributed by atoms with Gasteiger partial charge in [-0.05, 0) is 29.8 Å². The van der Waals surface area contributed by atoms with Crippen molar-refractivity contribution >= 4 is 11.6 Å². The molecule has 0 N–H and O–H groups in total. The summed E-state index contributed by atoms with van der Waals surface area (Å²) >= 11 is 0. The van der Waals surface area contributed by atoms with E-state index in [-0.39, 0.29) is 5.91 Å². The topological polar surface area (TPSA) is 69.1 Å². The van der Waals surface area contributed by atoms with Crippen molar-refractivity contribution in [1.29, 1.82) is 0 Å². The van der Waals surface area contributed by atoms with E-state index in [1.54, 1.807) is 6.20 Å². The predicted octanol–water partition coefficient (Wildman–Crippen LogP) is 2.63. The van der Waals surface area contributed by atoms with Gasteiger partial charge in [-0.25, -0.2) is 4.98 Å². The molecule has 0 unspecified atom stereocenters. The molecule has 8 nitrogen and oxygen atoms in total. The normalized spacial score (nSPS) is 17.9. The molecule has 1 aromatic heterocycles. The molecule has 2 aliphatic rings. The van der Waals surface area contributed by atoms with Crippen LogP contribution in [-0.4, -0.2) is 59.3 Å². The van der Waals surface area contributed by atoms with Gasteiger partial charge in [0.1, 0.15) is 23.9 Å². The maximum Gasteiger partial charge on any atom is 0.265 e. The highest BCUT2D eigenvalue weighted by Crippen LogP contribution is 2.34. The molecule has 1 amide bonds. The molecule has 1 fully saturated rings. The van der Waals surface area contributed by atoms with Crippen molar-refractivity contribution in [2.45, 2.75) is 19.3 Å². The summed E-state index contributed by atoms with van der Waals surface area (Å²) < 4.78 is 19.3. The molecule has 33 heavy (non-hydrogen) atoms. The van der Waals surface area contributed by atoms with Crippen LogP contribution in [0.4, 0.5) is 5.69 Å². The Morgan fingerprint density at radius 1 is 1.12 bits per heavy atom. The zero-order valence-electron chi connectivity index (χ0n) is 18.7. The van der Waals surface area contributed by atoms with Crippen LogP contribution >= 0.6 is 0 Å². The first-order chi connectivity index (χ1) is 16.2. The summed E-state index contributed by atoms with van der Waals surface area (Å²) in [6, 6.07) is 16.0. The lowest BCUT2D eigenvalue weighted by molar-refractivity contribution is -0.142. The number of nitrogens with zero attached hydrogens (tertiary/aromatic N) is 4. The lowest BCUT2D eigenvalue weighted by Gasteiger charge is -2.38. The third-order valence-corrected chi connectivity index (χ3v) is 6.05. The summed E-state index contributed by atoms with van der Waals surface area (Å²) in [7, 11) is 1.95. The number of hydrogen-bond donors (Lipinski definition) is 0. The number of anilines is 1. The summed E-state index contributed by atoms with van der Waals surface area (Å²) in [6.45, 7) is 3.98. The average Bonchev–Trinajstić information content (AvgIpc) is 3.28. The largest absolute Gasteiger partial charge is 0.486 e. The number of morpholine rings is 1. The van der Waals surface area contributed by atoms with E-state index in [4.69, 9.17) is 14.2 Å². The zero-order valence-corrected chi connectivity index (χ0v) is 18.7. The van der Waals surface area contributed by atoms with Crippen molar-refractivity contribution < 1.29 is 19.0 Å². The Hall–Kier alpha value is -3.52. The lowest BCUT2D eigenvalue weighted by atomic mass is 10.1. The fourth-order valence-electron chi connectivity index (χ4n) is 4.17. The van der Waals surface area contributed by atoms with Gasteiger partial charge in [-0.15, -0.1) is 0 Å². The number of rotatable bonds is 6. The van der Waals surface area contributed by atoms with Gasteiger partial charge in [0.15, 0.2) is 6.10 Å². The first-order valence-electron chi connectivity index (χ1n) is 11.2. The Morgan fingerprint density at radius 3 is 2.67 bits per heavy atom. The second-order valence-corrected chi connectivity index (χ2v) is 8.28. The number of aromatic nitrogens is 2. The summed E-state index contributed by atoms with van der Waals surface area (Å²) in [6.07, 6.45) is 3.14. The van der Waals surface area contributed by atoms with Gasteiger partial charge in [0.05, 0.1) is 25.4 Å². The summed E-state index contributed by atoms with van der Waals surface area (Å²) in [5.74, 6) is 2.44. The van der Waals surface area contributed by atoms with E-state index < -0.39 is 6.10 Å². The molecule has 172 valence electrons. The molecule has 0 aliphatic carbocycles. The van der Waals surface area contributed by atoms with Crippen LogP contribution in [0.5, 0.6) is 11.5 Å². The second-order valence-electron chi connectivity index (χ2n) is 8.28. The van der Waals surface area contributed by atoms with Gasteiger partial charge in [0.25, 0.3) is 5.91 Å². The minimum atomic E-state index is -0.529. The standard InChI is InChI=1S/C25H28N4O4/c1-27-11-10-26-24(27)18-32-20-8-6-19(7-9-20)16-29-17-23(25(30)28-12-14-31-15-13-28)33-22-5-3-2-4-21(22)29/h2-11,23H,12-18H2,1H3/t23-/m0/s1. The van der Waals surface area contributed by atoms with Gasteiger partial charge in [0.2, 0.25) is 0 Å². The number of ether oxygens (including phenoxy) is 3. The number of imidazole rings is 1. The van der Waals surface area contributed by atoms with Crippen LogP contribution in [0.15, 0.2) is 60.9 Å². The van der Waals surface area contributed by atoms with Gasteiger partial charge in [-0.1, -0.05) is 24.3 Å². The SMILES string of the molecule is Cn1ccnc1COc1ccc(CN2C[C@@H](C(=O)N3CCOCC3)Oc3ccccc32)cc1. The quantitative estimate of drug-likeness (QED) is 0.578. The smallest absolute Gasteiger partial charge is 0.265 e. The fourth-order valence-corrected chi connectivity index (χ4v) is 4.17. The number of aryl methyl sites for hydroxylation is 1. The molecule has 8 heteroatoms. The first kappa shape index (κ1) is 21.3. The monoisotopic (exact) mass is 448 g/mol. The minimum absolute atomic E-state index is 0.0239. The van der Waals surface area contributed by atoms with Crippen molar-refractivity contribution in [3.05, 3.63) is 72.3 Å². The Bertz CT molecular complexity index is 1090. The van der Waals surface area contributed by atoms with Gasteiger partial charge >= 0.3 is 0 Å². The third-order valence-electron chi connectivity index (χ3n) is 6.05. The van der Waals surface area contributed by atoms with E-state index >= 15 is 0 Å². The Labute approximate surface area is 193 Å². The van der Waals surface area contributed by atoms with Gasteiger partial charge in [0, 0.05) is 39.1 Å². The average molecular weight is 449 g/mol. The number of carbonyl (C=O) groups is 1. The lowest BCUT2D eigenvalue weighted by Crippen LogP contribution is -2.52. The Morgan fingerprint density at radius 2 is 1.91 bits per heavy atom. The number of amides is 1. The van der Waals surface area contributed by atoms with E-state index in [1.165, 1.54) is 0 Å². The van der Waals surface area contributed by atoms with E-state index in [1.807, 2.05) is 59.1 Å². The molecule has 1 saturated heterocycles. The van der Waals surface area contributed by atoms with E-state index in [2.05, 4.69) is 22.0 Å². The molecule has 3 aromatic rings. The molecule has 0 saturated carbocycles. The summed E-state index contributed by atoms with van der Waals surface area (Å²) in [4.78, 5) is 21.4. The van der Waals surface area contributed by atoms with E-state index in [9.17, 15) is 4.79 Å². The van der Waals surface area contributed by atoms with Gasteiger partial charge in [-0.2, -0.15) is 0 Å². The van der Waals surface area contributed by atoms with Crippen LogP contribution in [0.3, 0.4) is 0 Å². The van der Waals surface area contributed by atoms with Crippen LogP contribution < -0.4 is 14.4 Å². The highest BCUT2D eigenvalue weighted by atomic mass is 16.5. The van der Waals surface area contributed by atoms with Crippen LogP contribution in [0.25, 0.3) is 0 Å². The summed E-state index contributed by atoms with van der Waals surface area (Å²) in [5, 5.41) is 0. The van der Waals surface area contributed by atoms with Gasteiger partial charge in [-0.3, -0.25) is 4.79 Å². The Kier molecular flexibility index (Phi) is 6.17. The maximum atomic E-state index is 13.1. The molecule has 0 radical (unpaired) electrons. The molecule has 1 atom stereocenters. The minimum Gasteiger partial charge on any atom is -0.486 e. The highest BCUT2D eigenvalue weighted by Gasteiger charge is 2.34. The van der Waals surface area contributed by atoms with Gasteiger partial charge < -0.3 is 28.6 Å². The molecular formula is C25H28N4O4. The van der Waals surface area contributed by atoms with Crippen LogP contribution in [0, 0.1) is 0 Å². The van der Waals surface area contributed by atoms with Crippen molar-refractivity contribution in [2.24, 2.45) is 7.05 Å². The van der Waals surface area contributed by atoms with Crippen molar-refractivity contribution in [2.75, 3.05) is 37.7 Å². The number of carbonyl (C=O) groups excluding carboxylic acids is 1. The zero-order chi connectivity index (χ0) is 22.6. The highest BCUT2D eigenvalue weighted by molar-refractivity contribution is 5.83. The molecule has 3 heterocycles. The molecule has 2 aromatic carbocycles. The van der Waals surface area contributed by atoms with Crippen LogP contribution in [-0.2, 0) is 29.7 Å². The predicted molar refractivity (Wildman–Crippen MR) is 123 cm³/mol. The molecule has 0 bridgehead atoms. The van der Waals surface area contributed by atoms with Crippen molar-refractivity contribution in [1.82, 2.24) is 14.5 Å². The van der Waals surface area contributed by atoms with Crippen LogP contribution in [0.2, 0.25) is 0 Å².